The van der Waals surface area contributed by atoms with Gasteiger partial charge in [0.1, 0.15) is 0 Å². The molecule has 0 saturated heterocycles. The molecule has 0 saturated carbocycles. The summed E-state index contributed by atoms with van der Waals surface area (Å²) in [6.45, 7) is 0. The van der Waals surface area contributed by atoms with Gasteiger partial charge in [-0.2, -0.15) is 26.3 Å². The molecule has 0 bridgehead atoms. The van der Waals surface area contributed by atoms with Crippen molar-refractivity contribution in [3.63, 3.8) is 0 Å². The number of methoxy groups -OCH3 is 1. The van der Waals surface area contributed by atoms with E-state index in [0.717, 1.165) is 12.1 Å². The van der Waals surface area contributed by atoms with Crippen LogP contribution in [-0.2, 0) is 12.4 Å². The van der Waals surface area contributed by atoms with E-state index in [1.165, 1.54) is 61.7 Å². The van der Waals surface area contributed by atoms with Gasteiger partial charge in [0.25, 0.3) is 0 Å². The lowest BCUT2D eigenvalue weighted by molar-refractivity contribution is -0.137. The standard InChI is InChI=1S/C20H14F6NOP/c1-28-17-11-6-12-18(27-17)29(15-9-4-2-7-13(15)19(21,22)23)16-10-5-3-8-14(16)20(24,25)26/h2-12H,1H3. The lowest BCUT2D eigenvalue weighted by Crippen LogP contribution is -2.31. The smallest absolute Gasteiger partial charge is 0.417 e. The SMILES string of the molecule is COc1cccc(P(c2ccccc2C(F)(F)F)c2ccccc2C(F)(F)F)n1. The summed E-state index contributed by atoms with van der Waals surface area (Å²) < 4.78 is 87.0. The van der Waals surface area contributed by atoms with Crippen LogP contribution in [0, 0.1) is 0 Å². The molecule has 0 unspecified atom stereocenters. The Morgan fingerprint density at radius 2 is 1.17 bits per heavy atom. The van der Waals surface area contributed by atoms with Crippen LogP contribution in [0.25, 0.3) is 0 Å². The van der Waals surface area contributed by atoms with Gasteiger partial charge in [-0.15, -0.1) is 0 Å². The molecule has 1 aromatic heterocycles. The molecule has 0 amide bonds. The summed E-state index contributed by atoms with van der Waals surface area (Å²) in [4.78, 5) is 4.16. The number of rotatable bonds is 4. The van der Waals surface area contributed by atoms with E-state index in [0.29, 0.717) is 0 Å². The number of hydrogen-bond acceptors (Lipinski definition) is 2. The first kappa shape index (κ1) is 21.1. The molecule has 9 heteroatoms. The molecule has 0 aliphatic heterocycles. The van der Waals surface area contributed by atoms with Crippen molar-refractivity contribution in [3.05, 3.63) is 77.9 Å². The van der Waals surface area contributed by atoms with Crippen molar-refractivity contribution in [1.29, 1.82) is 0 Å². The Balaban J connectivity index is 2.35. The van der Waals surface area contributed by atoms with Crippen molar-refractivity contribution in [2.75, 3.05) is 7.11 Å². The molecule has 0 aliphatic rings. The summed E-state index contributed by atoms with van der Waals surface area (Å²) in [5, 5.41) is -0.514. The fourth-order valence-corrected chi connectivity index (χ4v) is 5.38. The normalized spacial score (nSPS) is 12.3. The molecule has 1 heterocycles. The molecule has 3 rings (SSSR count). The van der Waals surface area contributed by atoms with Crippen molar-refractivity contribution in [2.45, 2.75) is 12.4 Å². The lowest BCUT2D eigenvalue weighted by Gasteiger charge is -2.25. The van der Waals surface area contributed by atoms with E-state index < -0.39 is 31.4 Å². The number of nitrogens with zero attached hydrogens (tertiary/aromatic N) is 1. The second-order valence-corrected chi connectivity index (χ2v) is 8.00. The summed E-state index contributed by atoms with van der Waals surface area (Å²) in [5.41, 5.74) is -1.91. The first-order valence-corrected chi connectivity index (χ1v) is 9.60. The van der Waals surface area contributed by atoms with Crippen LogP contribution in [0.2, 0.25) is 0 Å². The van der Waals surface area contributed by atoms with Crippen LogP contribution in [0.15, 0.2) is 66.7 Å². The Bertz CT molecular complexity index is 945. The number of ether oxygens (including phenoxy) is 1. The van der Waals surface area contributed by atoms with Gasteiger partial charge in [0, 0.05) is 14.0 Å². The third-order valence-corrected chi connectivity index (χ3v) is 6.50. The van der Waals surface area contributed by atoms with Crippen molar-refractivity contribution in [3.8, 4) is 5.88 Å². The summed E-state index contributed by atoms with van der Waals surface area (Å²) in [7, 11) is -0.948. The van der Waals surface area contributed by atoms with Crippen LogP contribution in [0.4, 0.5) is 26.3 Å². The van der Waals surface area contributed by atoms with E-state index in [1.54, 1.807) is 0 Å². The van der Waals surface area contributed by atoms with Crippen LogP contribution in [0.3, 0.4) is 0 Å². The fourth-order valence-electron chi connectivity index (χ4n) is 2.84. The molecule has 0 N–H and O–H groups in total. The predicted molar refractivity (Wildman–Crippen MR) is 99.5 cm³/mol. The highest BCUT2D eigenvalue weighted by Gasteiger charge is 2.40. The minimum Gasteiger partial charge on any atom is -0.481 e. The molecular weight excluding hydrogens is 415 g/mol. The molecule has 2 nitrogen and oxygen atoms in total. The van der Waals surface area contributed by atoms with Gasteiger partial charge in [-0.25, -0.2) is 4.98 Å². The second-order valence-electron chi connectivity index (χ2n) is 5.90. The van der Waals surface area contributed by atoms with Crippen LogP contribution < -0.4 is 20.8 Å². The van der Waals surface area contributed by atoms with E-state index in [9.17, 15) is 26.3 Å². The molecule has 29 heavy (non-hydrogen) atoms. The topological polar surface area (TPSA) is 22.1 Å². The van der Waals surface area contributed by atoms with Crippen LogP contribution in [0.5, 0.6) is 5.88 Å². The average Bonchev–Trinajstić information content (AvgIpc) is 2.68. The summed E-state index contributed by atoms with van der Waals surface area (Å²) in [6.07, 6.45) is -9.47. The van der Waals surface area contributed by atoms with E-state index in [4.69, 9.17) is 4.74 Å². The highest BCUT2D eigenvalue weighted by atomic mass is 31.1. The lowest BCUT2D eigenvalue weighted by atomic mass is 10.2. The third kappa shape index (κ3) is 4.53. The van der Waals surface area contributed by atoms with Crippen molar-refractivity contribution in [2.24, 2.45) is 0 Å². The predicted octanol–water partition coefficient (Wildman–Crippen LogP) is 4.89. The van der Waals surface area contributed by atoms with E-state index >= 15 is 0 Å². The van der Waals surface area contributed by atoms with Gasteiger partial charge < -0.3 is 4.74 Å². The van der Waals surface area contributed by atoms with Crippen molar-refractivity contribution < 1.29 is 31.1 Å². The molecule has 0 atom stereocenters. The molecule has 0 fully saturated rings. The highest BCUT2D eigenvalue weighted by Crippen LogP contribution is 2.42. The molecular formula is C20H14F6NOP. The monoisotopic (exact) mass is 429 g/mol. The zero-order chi connectivity index (χ0) is 21.2. The van der Waals surface area contributed by atoms with E-state index in [-0.39, 0.29) is 21.9 Å². The number of aromatic nitrogens is 1. The number of benzene rings is 2. The minimum atomic E-state index is -4.73. The van der Waals surface area contributed by atoms with Gasteiger partial charge in [0.05, 0.1) is 23.7 Å². The Hall–Kier alpha value is -2.60. The Kier molecular flexibility index (Phi) is 5.85. The van der Waals surface area contributed by atoms with E-state index in [1.807, 2.05) is 0 Å². The highest BCUT2D eigenvalue weighted by molar-refractivity contribution is 7.79. The van der Waals surface area contributed by atoms with Gasteiger partial charge in [-0.3, -0.25) is 0 Å². The second kappa shape index (κ2) is 8.03. The Labute approximate surface area is 163 Å². The zero-order valence-electron chi connectivity index (χ0n) is 14.9. The van der Waals surface area contributed by atoms with Gasteiger partial charge in [-0.1, -0.05) is 42.5 Å². The van der Waals surface area contributed by atoms with Crippen LogP contribution in [0.1, 0.15) is 11.1 Å². The molecule has 2 aromatic carbocycles. The van der Waals surface area contributed by atoms with Gasteiger partial charge >= 0.3 is 12.4 Å². The summed E-state index contributed by atoms with van der Waals surface area (Å²) in [6, 6.07) is 13.6. The number of alkyl halides is 6. The average molecular weight is 429 g/mol. The van der Waals surface area contributed by atoms with Crippen molar-refractivity contribution in [1.82, 2.24) is 4.98 Å². The Morgan fingerprint density at radius 1 is 0.690 bits per heavy atom. The zero-order valence-corrected chi connectivity index (χ0v) is 15.8. The largest absolute Gasteiger partial charge is 0.481 e. The summed E-state index contributed by atoms with van der Waals surface area (Å²) in [5.74, 6) is 0.101. The Morgan fingerprint density at radius 3 is 1.62 bits per heavy atom. The first-order valence-electron chi connectivity index (χ1n) is 8.26. The van der Waals surface area contributed by atoms with E-state index in [2.05, 4.69) is 4.98 Å². The number of halogens is 6. The van der Waals surface area contributed by atoms with Gasteiger partial charge in [0.2, 0.25) is 5.88 Å². The molecule has 0 spiro atoms. The quantitative estimate of drug-likeness (QED) is 0.436. The minimum absolute atomic E-state index is 0.0766. The van der Waals surface area contributed by atoms with Gasteiger partial charge in [-0.05, 0) is 28.8 Å². The maximum Gasteiger partial charge on any atom is 0.417 e. The third-order valence-electron chi connectivity index (χ3n) is 4.05. The molecule has 0 aliphatic carbocycles. The maximum atomic E-state index is 13.7. The molecule has 152 valence electrons. The van der Waals surface area contributed by atoms with Crippen molar-refractivity contribution >= 4 is 24.0 Å². The van der Waals surface area contributed by atoms with Crippen LogP contribution >= 0.6 is 7.92 Å². The number of pyridine rings is 1. The molecule has 0 radical (unpaired) electrons. The van der Waals surface area contributed by atoms with Crippen LogP contribution in [-0.4, -0.2) is 12.1 Å². The van der Waals surface area contributed by atoms with Gasteiger partial charge in [0.15, 0.2) is 0 Å². The first-order chi connectivity index (χ1) is 13.6. The summed E-state index contributed by atoms with van der Waals surface area (Å²) >= 11 is 0. The maximum absolute atomic E-state index is 13.7. The fraction of sp³-hybridized carbons (Fsp3) is 0.150. The molecule has 3 aromatic rings. The number of hydrogen-bond donors (Lipinski definition) is 0.